The summed E-state index contributed by atoms with van der Waals surface area (Å²) >= 11 is 1.51. The van der Waals surface area contributed by atoms with E-state index in [1.54, 1.807) is 6.20 Å². The van der Waals surface area contributed by atoms with Crippen LogP contribution in [0.4, 0.5) is 5.69 Å². The maximum Gasteiger partial charge on any atom is 0.264 e. The van der Waals surface area contributed by atoms with E-state index in [0.717, 1.165) is 52.7 Å². The molecule has 0 aromatic carbocycles. The van der Waals surface area contributed by atoms with Gasteiger partial charge in [-0.05, 0) is 19.3 Å². The van der Waals surface area contributed by atoms with E-state index >= 15 is 0 Å². The summed E-state index contributed by atoms with van der Waals surface area (Å²) < 4.78 is 5.94. The molecule has 3 aliphatic rings. The van der Waals surface area contributed by atoms with Gasteiger partial charge in [-0.1, -0.05) is 0 Å². The van der Waals surface area contributed by atoms with Gasteiger partial charge < -0.3 is 15.0 Å². The van der Waals surface area contributed by atoms with Gasteiger partial charge in [0.1, 0.15) is 17.2 Å². The van der Waals surface area contributed by atoms with Crippen molar-refractivity contribution < 1.29 is 9.53 Å². The van der Waals surface area contributed by atoms with Crippen molar-refractivity contribution in [2.24, 2.45) is 0 Å². The molecule has 22 heavy (non-hydrogen) atoms. The zero-order valence-electron chi connectivity index (χ0n) is 12.0. The minimum absolute atomic E-state index is 0.0275. The third-order valence-electron chi connectivity index (χ3n) is 4.91. The largest absolute Gasteiger partial charge is 0.488 e. The topological polar surface area (TPSA) is 70.2 Å². The minimum Gasteiger partial charge on any atom is -0.488 e. The Morgan fingerprint density at radius 2 is 2.27 bits per heavy atom. The summed E-state index contributed by atoms with van der Waals surface area (Å²) in [6.45, 7) is 2.40. The van der Waals surface area contributed by atoms with Crippen molar-refractivity contribution in [3.8, 4) is 16.2 Å². The fourth-order valence-electron chi connectivity index (χ4n) is 3.66. The summed E-state index contributed by atoms with van der Waals surface area (Å²) in [5, 5.41) is 10.1. The van der Waals surface area contributed by atoms with Gasteiger partial charge in [-0.15, -0.1) is 11.3 Å². The molecule has 6 nitrogen and oxygen atoms in total. The zero-order valence-corrected chi connectivity index (χ0v) is 12.8. The predicted octanol–water partition coefficient (Wildman–Crippen LogP) is 2.00. The number of rotatable bonds is 1. The Bertz CT molecular complexity index is 748. The van der Waals surface area contributed by atoms with Crippen LogP contribution in [0.25, 0.3) is 10.4 Å². The molecule has 7 heteroatoms. The number of carbonyl (C=O) groups is 1. The molecule has 1 fully saturated rings. The van der Waals surface area contributed by atoms with Gasteiger partial charge in [0.15, 0.2) is 5.75 Å². The number of carbonyl (C=O) groups excluding carboxylic acids is 1. The highest BCUT2D eigenvalue weighted by molar-refractivity contribution is 7.18. The van der Waals surface area contributed by atoms with Crippen LogP contribution in [-0.4, -0.2) is 41.3 Å². The SMILES string of the molecule is O=C1NC2(CCC2)CN2CCOc3c(-c4cn[nH]c4)sc1c32. The molecule has 5 rings (SSSR count). The molecule has 1 aliphatic carbocycles. The number of nitrogens with one attached hydrogen (secondary N) is 2. The van der Waals surface area contributed by atoms with Gasteiger partial charge in [0.25, 0.3) is 5.91 Å². The first-order valence-electron chi connectivity index (χ1n) is 7.62. The number of anilines is 1. The highest BCUT2D eigenvalue weighted by Crippen LogP contribution is 2.51. The fourth-order valence-corrected chi connectivity index (χ4v) is 4.81. The normalized spacial score (nSPS) is 21.6. The highest BCUT2D eigenvalue weighted by atomic mass is 32.1. The van der Waals surface area contributed by atoms with Crippen LogP contribution in [0.5, 0.6) is 5.75 Å². The van der Waals surface area contributed by atoms with E-state index in [1.165, 1.54) is 17.8 Å². The van der Waals surface area contributed by atoms with Crippen LogP contribution in [0.3, 0.4) is 0 Å². The summed E-state index contributed by atoms with van der Waals surface area (Å²) in [5.41, 5.74) is 1.93. The fraction of sp³-hybridized carbons (Fsp3) is 0.467. The zero-order chi connectivity index (χ0) is 14.7. The Balaban J connectivity index is 1.67. The lowest BCUT2D eigenvalue weighted by atomic mass is 9.76. The summed E-state index contributed by atoms with van der Waals surface area (Å²) in [5.74, 6) is 0.892. The molecule has 2 aromatic rings. The lowest BCUT2D eigenvalue weighted by molar-refractivity contribution is 0.0849. The molecule has 0 bridgehead atoms. The third kappa shape index (κ3) is 1.60. The van der Waals surface area contributed by atoms with Crippen LogP contribution in [0.2, 0.25) is 0 Å². The van der Waals surface area contributed by atoms with Gasteiger partial charge in [0, 0.05) is 18.3 Å². The second kappa shape index (κ2) is 4.25. The summed E-state index contributed by atoms with van der Waals surface area (Å²) in [7, 11) is 0. The molecular formula is C15H16N4O2S. The van der Waals surface area contributed by atoms with E-state index < -0.39 is 0 Å². The van der Waals surface area contributed by atoms with Crippen LogP contribution in [0, 0.1) is 0 Å². The Kier molecular flexibility index (Phi) is 2.42. The molecule has 4 heterocycles. The number of nitrogens with zero attached hydrogens (tertiary/aromatic N) is 2. The Morgan fingerprint density at radius 1 is 1.36 bits per heavy atom. The monoisotopic (exact) mass is 316 g/mol. The first-order chi connectivity index (χ1) is 10.8. The molecule has 0 saturated heterocycles. The Labute approximate surface area is 131 Å². The van der Waals surface area contributed by atoms with Gasteiger partial charge in [-0.25, -0.2) is 0 Å². The second-order valence-corrected chi connectivity index (χ2v) is 7.30. The van der Waals surface area contributed by atoms with Crippen LogP contribution < -0.4 is 15.0 Å². The van der Waals surface area contributed by atoms with E-state index in [0.29, 0.717) is 6.61 Å². The highest BCUT2D eigenvalue weighted by Gasteiger charge is 2.46. The number of aromatic nitrogens is 2. The maximum atomic E-state index is 12.7. The van der Waals surface area contributed by atoms with Crippen molar-refractivity contribution >= 4 is 22.9 Å². The molecule has 2 N–H and O–H groups in total. The molecule has 2 aromatic heterocycles. The molecule has 1 amide bonds. The van der Waals surface area contributed by atoms with E-state index in [9.17, 15) is 4.79 Å². The first kappa shape index (κ1) is 12.5. The molecule has 114 valence electrons. The predicted molar refractivity (Wildman–Crippen MR) is 83.7 cm³/mol. The molecule has 1 saturated carbocycles. The number of hydrogen-bond donors (Lipinski definition) is 2. The standard InChI is InChI=1S/C15H16N4O2S/c20-14-13-10-11(12(22-13)9-6-16-17-7-9)21-5-4-19(10)8-15(18-14)2-1-3-15/h6-7H,1-5,8H2,(H,16,17)(H,18,20). The Morgan fingerprint density at radius 3 is 3.00 bits per heavy atom. The van der Waals surface area contributed by atoms with E-state index in [1.807, 2.05) is 6.20 Å². The summed E-state index contributed by atoms with van der Waals surface area (Å²) in [6.07, 6.45) is 6.97. The number of ether oxygens (including phenoxy) is 1. The number of amides is 1. The van der Waals surface area contributed by atoms with Crippen LogP contribution >= 0.6 is 11.3 Å². The smallest absolute Gasteiger partial charge is 0.264 e. The average Bonchev–Trinajstić information content (AvgIpc) is 3.09. The minimum atomic E-state index is -0.0275. The van der Waals surface area contributed by atoms with Crippen LogP contribution in [0.1, 0.15) is 28.9 Å². The van der Waals surface area contributed by atoms with E-state index in [2.05, 4.69) is 20.4 Å². The van der Waals surface area contributed by atoms with Gasteiger partial charge >= 0.3 is 0 Å². The van der Waals surface area contributed by atoms with Crippen molar-refractivity contribution in [3.63, 3.8) is 0 Å². The Hall–Kier alpha value is -2.02. The van der Waals surface area contributed by atoms with Crippen molar-refractivity contribution in [2.45, 2.75) is 24.8 Å². The van der Waals surface area contributed by atoms with Gasteiger partial charge in [0.05, 0.1) is 23.2 Å². The van der Waals surface area contributed by atoms with Crippen molar-refractivity contribution in [2.75, 3.05) is 24.6 Å². The summed E-state index contributed by atoms with van der Waals surface area (Å²) in [4.78, 5) is 16.8. The van der Waals surface area contributed by atoms with Crippen LogP contribution in [0.15, 0.2) is 12.4 Å². The van der Waals surface area contributed by atoms with Crippen molar-refractivity contribution in [1.29, 1.82) is 0 Å². The molecule has 0 radical (unpaired) electrons. The van der Waals surface area contributed by atoms with Gasteiger partial charge in [0.2, 0.25) is 0 Å². The van der Waals surface area contributed by atoms with E-state index in [-0.39, 0.29) is 11.4 Å². The number of aromatic amines is 1. The average molecular weight is 316 g/mol. The summed E-state index contributed by atoms with van der Waals surface area (Å²) in [6, 6.07) is 0. The maximum absolute atomic E-state index is 12.7. The van der Waals surface area contributed by atoms with Crippen molar-refractivity contribution in [3.05, 3.63) is 17.3 Å². The van der Waals surface area contributed by atoms with Gasteiger partial charge in [-0.3, -0.25) is 9.89 Å². The molecule has 0 unspecified atom stereocenters. The first-order valence-corrected chi connectivity index (χ1v) is 8.44. The lowest BCUT2D eigenvalue weighted by Gasteiger charge is -2.45. The van der Waals surface area contributed by atoms with Crippen LogP contribution in [-0.2, 0) is 0 Å². The molecule has 2 aliphatic heterocycles. The van der Waals surface area contributed by atoms with Crippen molar-refractivity contribution in [1.82, 2.24) is 15.5 Å². The molecule has 1 spiro atoms. The van der Waals surface area contributed by atoms with Gasteiger partial charge in [-0.2, -0.15) is 5.10 Å². The number of thiophene rings is 1. The quantitative estimate of drug-likeness (QED) is 0.844. The number of hydrogen-bond acceptors (Lipinski definition) is 5. The number of H-pyrrole nitrogens is 1. The van der Waals surface area contributed by atoms with E-state index in [4.69, 9.17) is 4.74 Å². The molecule has 0 atom stereocenters. The second-order valence-electron chi connectivity index (χ2n) is 6.28. The lowest BCUT2D eigenvalue weighted by Crippen LogP contribution is -2.58. The third-order valence-corrected chi connectivity index (χ3v) is 6.12. The molecular weight excluding hydrogens is 300 g/mol.